The molecule has 0 bridgehead atoms. The molecule has 0 aromatic heterocycles. The molecule has 6 nitrogen and oxygen atoms in total. The molecule has 2 unspecified atom stereocenters. The van der Waals surface area contributed by atoms with Crippen LogP contribution < -0.4 is 5.32 Å². The largest absolute Gasteiger partial charge is 0.466 e. The quantitative estimate of drug-likeness (QED) is 0.0320. The number of rotatable bonds is 70. The van der Waals surface area contributed by atoms with Gasteiger partial charge in [0.2, 0.25) is 5.91 Å². The fourth-order valence-electron chi connectivity index (χ4n) is 11.9. The molecule has 0 radical (unpaired) electrons. The number of carbonyl (C=O) groups excluding carboxylic acids is 2. The summed E-state index contributed by atoms with van der Waals surface area (Å²) in [5.74, 6) is -0.0168. The second-order valence-corrected chi connectivity index (χ2v) is 25.6. The van der Waals surface area contributed by atoms with Crippen LogP contribution in [-0.4, -0.2) is 47.4 Å². The first-order chi connectivity index (χ1) is 39.5. The van der Waals surface area contributed by atoms with Crippen molar-refractivity contribution in [1.29, 1.82) is 0 Å². The highest BCUT2D eigenvalue weighted by molar-refractivity contribution is 5.76. The number of unbranched alkanes of at least 4 members (excludes halogenated alkanes) is 57. The number of amides is 1. The Morgan fingerprint density at radius 3 is 0.900 bits per heavy atom. The molecule has 0 spiro atoms. The fraction of sp³-hybridized carbons (Fsp3) is 0.946. The molecule has 0 aromatic rings. The number of hydrogen-bond donors (Lipinski definition) is 3. The first-order valence-corrected chi connectivity index (χ1v) is 36.9. The van der Waals surface area contributed by atoms with Gasteiger partial charge in [0.15, 0.2) is 0 Å². The Kier molecular flexibility index (Phi) is 68.9. The lowest BCUT2D eigenvalue weighted by Crippen LogP contribution is -2.45. The minimum absolute atomic E-state index is 0.00994. The number of esters is 1. The predicted molar refractivity (Wildman–Crippen MR) is 352 cm³/mol. The normalized spacial score (nSPS) is 12.5. The Hall–Kier alpha value is -1.40. The van der Waals surface area contributed by atoms with Crippen molar-refractivity contribution in [3.63, 3.8) is 0 Å². The molecule has 0 heterocycles. The van der Waals surface area contributed by atoms with Crippen LogP contribution in [0, 0.1) is 0 Å². The SMILES string of the molecule is CCCCCC/C=C\CCCCCCCC(=O)OCCCCCCCCCCCCCCCCCCCCCCCCCCCCCC(=O)NC(CO)C(O)CCCCCCCCCCCCCCCCCCCCCCCCC. The third-order valence-electron chi connectivity index (χ3n) is 17.6. The zero-order valence-electron chi connectivity index (χ0n) is 54.6. The summed E-state index contributed by atoms with van der Waals surface area (Å²) in [6, 6.07) is -0.540. The smallest absolute Gasteiger partial charge is 0.305 e. The molecule has 0 aromatic carbocycles. The molecule has 6 heteroatoms. The van der Waals surface area contributed by atoms with Crippen LogP contribution in [0.5, 0.6) is 0 Å². The maximum Gasteiger partial charge on any atom is 0.305 e. The first-order valence-electron chi connectivity index (χ1n) is 36.9. The van der Waals surface area contributed by atoms with Gasteiger partial charge in [-0.3, -0.25) is 9.59 Å². The number of carbonyl (C=O) groups is 2. The van der Waals surface area contributed by atoms with E-state index in [-0.39, 0.29) is 18.5 Å². The number of aliphatic hydroxyl groups excluding tert-OH is 2. The highest BCUT2D eigenvalue weighted by Gasteiger charge is 2.20. The number of aliphatic hydroxyl groups is 2. The number of ether oxygens (including phenoxy) is 1. The van der Waals surface area contributed by atoms with Crippen molar-refractivity contribution in [1.82, 2.24) is 5.32 Å². The lowest BCUT2D eigenvalue weighted by molar-refractivity contribution is -0.143. The molecule has 1 amide bonds. The lowest BCUT2D eigenvalue weighted by atomic mass is 10.0. The summed E-state index contributed by atoms with van der Waals surface area (Å²) in [5.41, 5.74) is 0. The topological polar surface area (TPSA) is 95.9 Å². The van der Waals surface area contributed by atoms with E-state index in [0.717, 1.165) is 44.9 Å². The average Bonchev–Trinajstić information content (AvgIpc) is 3.46. The van der Waals surface area contributed by atoms with Crippen molar-refractivity contribution >= 4 is 11.9 Å². The molecule has 0 rings (SSSR count). The van der Waals surface area contributed by atoms with Gasteiger partial charge in [0.05, 0.1) is 25.4 Å². The molecule has 0 saturated carbocycles. The van der Waals surface area contributed by atoms with Gasteiger partial charge >= 0.3 is 5.97 Å². The fourth-order valence-corrected chi connectivity index (χ4v) is 11.9. The van der Waals surface area contributed by atoms with E-state index in [1.165, 1.54) is 347 Å². The molecule has 0 saturated heterocycles. The van der Waals surface area contributed by atoms with E-state index in [4.69, 9.17) is 4.74 Å². The Morgan fingerprint density at radius 2 is 0.588 bits per heavy atom. The molecule has 80 heavy (non-hydrogen) atoms. The van der Waals surface area contributed by atoms with Crippen molar-refractivity contribution in [2.45, 2.75) is 437 Å². The molecule has 0 aliphatic heterocycles. The van der Waals surface area contributed by atoms with E-state index < -0.39 is 12.1 Å². The van der Waals surface area contributed by atoms with Crippen molar-refractivity contribution in [2.24, 2.45) is 0 Å². The Labute approximate surface area is 501 Å². The Balaban J connectivity index is 3.35. The highest BCUT2D eigenvalue weighted by Crippen LogP contribution is 2.20. The van der Waals surface area contributed by atoms with Crippen molar-refractivity contribution in [3.05, 3.63) is 12.2 Å². The lowest BCUT2D eigenvalue weighted by Gasteiger charge is -2.22. The molecule has 0 aliphatic carbocycles. The van der Waals surface area contributed by atoms with Crippen LogP contribution in [0.2, 0.25) is 0 Å². The van der Waals surface area contributed by atoms with E-state index in [0.29, 0.717) is 25.9 Å². The van der Waals surface area contributed by atoms with Crippen molar-refractivity contribution in [3.8, 4) is 0 Å². The van der Waals surface area contributed by atoms with E-state index in [1.807, 2.05) is 0 Å². The summed E-state index contributed by atoms with van der Waals surface area (Å²) in [6.45, 7) is 4.98. The zero-order chi connectivity index (χ0) is 57.8. The molecule has 3 N–H and O–H groups in total. The van der Waals surface area contributed by atoms with Crippen molar-refractivity contribution < 1.29 is 24.5 Å². The van der Waals surface area contributed by atoms with Gasteiger partial charge in [-0.15, -0.1) is 0 Å². The van der Waals surface area contributed by atoms with Crippen LogP contribution in [0.4, 0.5) is 0 Å². The summed E-state index contributed by atoms with van der Waals surface area (Å²) in [5, 5.41) is 23.5. The zero-order valence-corrected chi connectivity index (χ0v) is 54.6. The van der Waals surface area contributed by atoms with Gasteiger partial charge in [0.25, 0.3) is 0 Å². The monoisotopic (exact) mass is 1130 g/mol. The number of nitrogens with one attached hydrogen (secondary N) is 1. The molecule has 0 aliphatic rings. The van der Waals surface area contributed by atoms with Crippen LogP contribution >= 0.6 is 0 Å². The van der Waals surface area contributed by atoms with Gasteiger partial charge < -0.3 is 20.3 Å². The first kappa shape index (κ1) is 78.6. The third-order valence-corrected chi connectivity index (χ3v) is 17.6. The second kappa shape index (κ2) is 70.1. The predicted octanol–water partition coefficient (Wildman–Crippen LogP) is 23.9. The molecule has 2 atom stereocenters. The number of allylic oxidation sites excluding steroid dienone is 2. The van der Waals surface area contributed by atoms with Crippen LogP contribution in [-0.2, 0) is 14.3 Å². The van der Waals surface area contributed by atoms with Crippen LogP contribution in [0.15, 0.2) is 12.2 Å². The Bertz CT molecular complexity index is 1210. The molecule has 476 valence electrons. The molecule has 0 fully saturated rings. The second-order valence-electron chi connectivity index (χ2n) is 25.6. The number of hydrogen-bond acceptors (Lipinski definition) is 5. The molecular weight excluding hydrogens is 983 g/mol. The molecular formula is C74H145NO5. The van der Waals surface area contributed by atoms with E-state index in [9.17, 15) is 19.8 Å². The van der Waals surface area contributed by atoms with E-state index in [2.05, 4.69) is 31.3 Å². The summed E-state index contributed by atoms with van der Waals surface area (Å²) >= 11 is 0. The van der Waals surface area contributed by atoms with Crippen LogP contribution in [0.1, 0.15) is 425 Å². The summed E-state index contributed by atoms with van der Waals surface area (Å²) in [7, 11) is 0. The standard InChI is InChI=1S/C74H145NO5/c1-3-5-7-9-11-13-15-17-18-19-20-21-27-30-33-36-39-43-46-50-54-58-62-66-72(77)71(70-76)75-73(78)67-63-59-55-51-47-44-40-37-34-31-28-25-23-22-24-26-29-32-35-38-41-45-49-53-57-61-65-69-80-74(79)68-64-60-56-52-48-42-16-14-12-10-8-6-4-2/h14,16,71-72,76-77H,3-13,15,17-70H2,1-2H3,(H,75,78)/b16-14-. The summed E-state index contributed by atoms with van der Waals surface area (Å²) in [6.07, 6.45) is 87.0. The van der Waals surface area contributed by atoms with E-state index in [1.54, 1.807) is 0 Å². The van der Waals surface area contributed by atoms with Gasteiger partial charge in [-0.1, -0.05) is 373 Å². The van der Waals surface area contributed by atoms with Gasteiger partial charge in [0.1, 0.15) is 0 Å². The van der Waals surface area contributed by atoms with E-state index >= 15 is 0 Å². The van der Waals surface area contributed by atoms with Gasteiger partial charge in [0, 0.05) is 12.8 Å². The summed E-state index contributed by atoms with van der Waals surface area (Å²) < 4.78 is 5.48. The minimum atomic E-state index is -0.663. The average molecular weight is 1130 g/mol. The highest BCUT2D eigenvalue weighted by atomic mass is 16.5. The summed E-state index contributed by atoms with van der Waals surface area (Å²) in [4.78, 5) is 24.6. The Morgan fingerprint density at radius 1 is 0.338 bits per heavy atom. The third kappa shape index (κ3) is 65.7. The van der Waals surface area contributed by atoms with Crippen molar-refractivity contribution in [2.75, 3.05) is 13.2 Å². The maximum atomic E-state index is 12.6. The van der Waals surface area contributed by atoms with Gasteiger partial charge in [-0.25, -0.2) is 0 Å². The van der Waals surface area contributed by atoms with Gasteiger partial charge in [-0.2, -0.15) is 0 Å². The minimum Gasteiger partial charge on any atom is -0.466 e. The van der Waals surface area contributed by atoms with Crippen LogP contribution in [0.3, 0.4) is 0 Å². The maximum absolute atomic E-state index is 12.6. The van der Waals surface area contributed by atoms with Crippen LogP contribution in [0.25, 0.3) is 0 Å². The van der Waals surface area contributed by atoms with Gasteiger partial charge in [-0.05, 0) is 51.4 Å².